The quantitative estimate of drug-likeness (QED) is 0.740. The zero-order valence-electron chi connectivity index (χ0n) is 9.79. The van der Waals surface area contributed by atoms with Crippen LogP contribution in [-0.2, 0) is 9.53 Å². The number of carbonyl (C=O) groups excluding carboxylic acids is 1. The van der Waals surface area contributed by atoms with Crippen LogP contribution in [0.25, 0.3) is 0 Å². The fraction of sp³-hybridized carbons (Fsp3) is 0.615. The van der Waals surface area contributed by atoms with E-state index in [1.54, 1.807) is 0 Å². The number of rotatable bonds is 3. The van der Waals surface area contributed by atoms with Crippen LogP contribution in [0.3, 0.4) is 0 Å². The van der Waals surface area contributed by atoms with Gasteiger partial charge in [0.05, 0.1) is 6.10 Å². The Morgan fingerprint density at radius 1 is 1.62 bits per heavy atom. The Labute approximate surface area is 96.6 Å². The summed E-state index contributed by atoms with van der Waals surface area (Å²) in [5, 5.41) is 3.31. The lowest BCUT2D eigenvalue weighted by atomic mass is 9.99. The lowest BCUT2D eigenvalue weighted by molar-refractivity contribution is -0.115. The first kappa shape index (κ1) is 11.4. The number of nitrogens with one attached hydrogen (secondary N) is 1. The zero-order valence-corrected chi connectivity index (χ0v) is 9.79. The van der Waals surface area contributed by atoms with Crippen molar-refractivity contribution in [2.45, 2.75) is 38.7 Å². The van der Waals surface area contributed by atoms with Crippen LogP contribution in [0.15, 0.2) is 23.4 Å². The minimum absolute atomic E-state index is 0.250. The third-order valence-electron chi connectivity index (χ3n) is 3.15. The molecule has 0 bridgehead atoms. The van der Waals surface area contributed by atoms with Gasteiger partial charge in [-0.05, 0) is 26.2 Å². The van der Waals surface area contributed by atoms with Crippen molar-refractivity contribution in [2.75, 3.05) is 13.2 Å². The van der Waals surface area contributed by atoms with Gasteiger partial charge in [0.15, 0.2) is 5.78 Å². The standard InChI is InChI=1S/C13H19NO2/c1-10(12-6-2-3-7-13(12)15)14-9-11-5-4-8-16-11/h2,6,11,14H,3-5,7-9H2,1H3. The minimum Gasteiger partial charge on any atom is -0.385 e. The Balaban J connectivity index is 1.92. The van der Waals surface area contributed by atoms with Crippen molar-refractivity contribution in [3.05, 3.63) is 23.4 Å². The molecule has 1 aliphatic heterocycles. The summed E-state index contributed by atoms with van der Waals surface area (Å²) in [6.45, 7) is 3.66. The molecular weight excluding hydrogens is 202 g/mol. The van der Waals surface area contributed by atoms with Crippen LogP contribution in [0.2, 0.25) is 0 Å². The second-order valence-electron chi connectivity index (χ2n) is 4.42. The maximum atomic E-state index is 11.7. The Morgan fingerprint density at radius 3 is 3.19 bits per heavy atom. The molecule has 0 spiro atoms. The van der Waals surface area contributed by atoms with Crippen molar-refractivity contribution in [1.82, 2.24) is 5.32 Å². The van der Waals surface area contributed by atoms with E-state index < -0.39 is 0 Å². The molecule has 3 nitrogen and oxygen atoms in total. The van der Waals surface area contributed by atoms with Gasteiger partial charge in [0, 0.05) is 30.8 Å². The van der Waals surface area contributed by atoms with E-state index in [2.05, 4.69) is 11.4 Å². The predicted octanol–water partition coefficient (Wildman–Crippen LogP) is 1.95. The Kier molecular flexibility index (Phi) is 3.78. The fourth-order valence-electron chi connectivity index (χ4n) is 2.14. The van der Waals surface area contributed by atoms with Crippen LogP contribution in [0.1, 0.15) is 32.6 Å². The Bertz CT molecular complexity index is 325. The highest BCUT2D eigenvalue weighted by molar-refractivity contribution is 5.99. The summed E-state index contributed by atoms with van der Waals surface area (Å²) >= 11 is 0. The lowest BCUT2D eigenvalue weighted by Crippen LogP contribution is -2.26. The molecule has 0 aromatic carbocycles. The lowest BCUT2D eigenvalue weighted by Gasteiger charge is -2.15. The van der Waals surface area contributed by atoms with Crippen LogP contribution in [0, 0.1) is 0 Å². The summed E-state index contributed by atoms with van der Waals surface area (Å²) in [6, 6.07) is 0. The molecule has 0 aromatic heterocycles. The normalized spacial score (nSPS) is 28.3. The van der Waals surface area contributed by atoms with E-state index in [0.717, 1.165) is 43.7 Å². The summed E-state index contributed by atoms with van der Waals surface area (Å²) < 4.78 is 5.53. The third kappa shape index (κ3) is 2.73. The number of allylic oxidation sites excluding steroid dienone is 4. The van der Waals surface area contributed by atoms with Crippen LogP contribution in [-0.4, -0.2) is 25.0 Å². The summed E-state index contributed by atoms with van der Waals surface area (Å²) in [7, 11) is 0. The molecule has 1 fully saturated rings. The molecule has 0 aromatic rings. The molecule has 2 aliphatic rings. The first-order valence-corrected chi connectivity index (χ1v) is 6.03. The monoisotopic (exact) mass is 221 g/mol. The van der Waals surface area contributed by atoms with E-state index in [4.69, 9.17) is 4.74 Å². The molecule has 0 amide bonds. The highest BCUT2D eigenvalue weighted by atomic mass is 16.5. The SMILES string of the molecule is CC(NCC1CCCO1)=C1C=CCCC1=O. The molecule has 2 rings (SSSR count). The van der Waals surface area contributed by atoms with Crippen molar-refractivity contribution < 1.29 is 9.53 Å². The van der Waals surface area contributed by atoms with Crippen molar-refractivity contribution >= 4 is 5.78 Å². The molecule has 0 saturated carbocycles. The molecule has 1 saturated heterocycles. The predicted molar refractivity (Wildman–Crippen MR) is 63.1 cm³/mol. The maximum Gasteiger partial charge on any atom is 0.164 e. The first-order chi connectivity index (χ1) is 7.77. The van der Waals surface area contributed by atoms with Gasteiger partial charge in [0.1, 0.15) is 0 Å². The van der Waals surface area contributed by atoms with Gasteiger partial charge in [-0.1, -0.05) is 12.2 Å². The summed E-state index contributed by atoms with van der Waals surface area (Å²) in [5.41, 5.74) is 1.82. The van der Waals surface area contributed by atoms with Gasteiger partial charge < -0.3 is 10.1 Å². The fourth-order valence-corrected chi connectivity index (χ4v) is 2.14. The van der Waals surface area contributed by atoms with Crippen LogP contribution < -0.4 is 5.32 Å². The van der Waals surface area contributed by atoms with Gasteiger partial charge in [-0.3, -0.25) is 4.79 Å². The second kappa shape index (κ2) is 5.30. The van der Waals surface area contributed by atoms with Gasteiger partial charge in [0.25, 0.3) is 0 Å². The highest BCUT2D eigenvalue weighted by Gasteiger charge is 2.17. The number of hydrogen-bond acceptors (Lipinski definition) is 3. The van der Waals surface area contributed by atoms with Crippen LogP contribution >= 0.6 is 0 Å². The highest BCUT2D eigenvalue weighted by Crippen LogP contribution is 2.16. The van der Waals surface area contributed by atoms with Crippen LogP contribution in [0.5, 0.6) is 0 Å². The van der Waals surface area contributed by atoms with Gasteiger partial charge in [-0.15, -0.1) is 0 Å². The van der Waals surface area contributed by atoms with Crippen molar-refractivity contribution in [1.29, 1.82) is 0 Å². The van der Waals surface area contributed by atoms with Crippen LogP contribution in [0.4, 0.5) is 0 Å². The minimum atomic E-state index is 0.250. The summed E-state index contributed by atoms with van der Waals surface area (Å²) in [5.74, 6) is 0.250. The number of Topliss-reactive ketones (excluding diaryl/α,β-unsaturated/α-hetero) is 1. The van der Waals surface area contributed by atoms with E-state index in [9.17, 15) is 4.79 Å². The smallest absolute Gasteiger partial charge is 0.164 e. The topological polar surface area (TPSA) is 38.3 Å². The van der Waals surface area contributed by atoms with Crippen molar-refractivity contribution in [3.8, 4) is 0 Å². The van der Waals surface area contributed by atoms with E-state index >= 15 is 0 Å². The molecule has 1 aliphatic carbocycles. The number of ether oxygens (including phenoxy) is 1. The Hall–Kier alpha value is -1.09. The van der Waals surface area contributed by atoms with E-state index in [1.165, 1.54) is 0 Å². The van der Waals surface area contributed by atoms with Crippen molar-refractivity contribution in [2.24, 2.45) is 0 Å². The molecule has 0 radical (unpaired) electrons. The molecule has 1 N–H and O–H groups in total. The zero-order chi connectivity index (χ0) is 11.4. The van der Waals surface area contributed by atoms with E-state index in [0.29, 0.717) is 12.5 Å². The molecular formula is C13H19NO2. The largest absolute Gasteiger partial charge is 0.385 e. The molecule has 3 heteroatoms. The van der Waals surface area contributed by atoms with Gasteiger partial charge in [0.2, 0.25) is 0 Å². The van der Waals surface area contributed by atoms with E-state index in [1.807, 2.05) is 13.0 Å². The summed E-state index contributed by atoms with van der Waals surface area (Å²) in [4.78, 5) is 11.7. The second-order valence-corrected chi connectivity index (χ2v) is 4.42. The van der Waals surface area contributed by atoms with Gasteiger partial charge >= 0.3 is 0 Å². The molecule has 1 heterocycles. The average Bonchev–Trinajstić information content (AvgIpc) is 2.79. The molecule has 1 unspecified atom stereocenters. The van der Waals surface area contributed by atoms with Gasteiger partial charge in [-0.2, -0.15) is 0 Å². The third-order valence-corrected chi connectivity index (χ3v) is 3.15. The molecule has 16 heavy (non-hydrogen) atoms. The first-order valence-electron chi connectivity index (χ1n) is 6.03. The average molecular weight is 221 g/mol. The summed E-state index contributed by atoms with van der Waals surface area (Å²) in [6.07, 6.45) is 8.11. The molecule has 1 atom stereocenters. The molecule has 88 valence electrons. The van der Waals surface area contributed by atoms with Gasteiger partial charge in [-0.25, -0.2) is 0 Å². The number of carbonyl (C=O) groups is 1. The van der Waals surface area contributed by atoms with E-state index in [-0.39, 0.29) is 5.78 Å². The van der Waals surface area contributed by atoms with Crippen molar-refractivity contribution in [3.63, 3.8) is 0 Å². The Morgan fingerprint density at radius 2 is 2.50 bits per heavy atom. The number of ketones is 1. The number of hydrogen-bond donors (Lipinski definition) is 1. The maximum absolute atomic E-state index is 11.7.